The summed E-state index contributed by atoms with van der Waals surface area (Å²) < 4.78 is 5.92. The zero-order valence-electron chi connectivity index (χ0n) is 11.1. The van der Waals surface area contributed by atoms with Gasteiger partial charge in [-0.2, -0.15) is 0 Å². The number of nitrogens with zero attached hydrogens (tertiary/aromatic N) is 1. The zero-order chi connectivity index (χ0) is 13.2. The molecule has 0 radical (unpaired) electrons. The van der Waals surface area contributed by atoms with Crippen molar-refractivity contribution >= 4 is 0 Å². The van der Waals surface area contributed by atoms with Crippen LogP contribution in [0.4, 0.5) is 0 Å². The summed E-state index contributed by atoms with van der Waals surface area (Å²) in [5, 5.41) is 0. The van der Waals surface area contributed by atoms with Gasteiger partial charge in [0.15, 0.2) is 5.76 Å². The lowest BCUT2D eigenvalue weighted by Gasteiger charge is -1.97. The molecule has 3 aromatic rings. The van der Waals surface area contributed by atoms with Crippen LogP contribution in [0, 0.1) is 13.8 Å². The molecule has 0 saturated carbocycles. The van der Waals surface area contributed by atoms with Crippen LogP contribution in [0.3, 0.4) is 0 Å². The van der Waals surface area contributed by atoms with Gasteiger partial charge in [-0.15, -0.1) is 0 Å². The molecular weight excluding hydrogens is 234 g/mol. The molecule has 0 bridgehead atoms. The standard InChI is InChI=1S/C17H15NO/c1-12-8-10-15(11-9-12)17-18-13(2)16(19-17)14-6-4-3-5-7-14/h3-11H,1-2H3. The number of oxazole rings is 1. The first-order valence-corrected chi connectivity index (χ1v) is 6.34. The van der Waals surface area contributed by atoms with Gasteiger partial charge in [0.2, 0.25) is 5.89 Å². The third kappa shape index (κ3) is 2.29. The van der Waals surface area contributed by atoms with E-state index in [2.05, 4.69) is 24.0 Å². The van der Waals surface area contributed by atoms with Crippen LogP contribution in [0.1, 0.15) is 11.3 Å². The second kappa shape index (κ2) is 4.73. The van der Waals surface area contributed by atoms with Gasteiger partial charge < -0.3 is 4.42 Å². The number of benzene rings is 2. The first-order valence-electron chi connectivity index (χ1n) is 6.34. The van der Waals surface area contributed by atoms with E-state index in [-0.39, 0.29) is 0 Å². The van der Waals surface area contributed by atoms with Gasteiger partial charge >= 0.3 is 0 Å². The molecule has 0 amide bonds. The van der Waals surface area contributed by atoms with Crippen LogP contribution >= 0.6 is 0 Å². The van der Waals surface area contributed by atoms with E-state index in [0.29, 0.717) is 5.89 Å². The first kappa shape index (κ1) is 11.7. The van der Waals surface area contributed by atoms with E-state index in [9.17, 15) is 0 Å². The van der Waals surface area contributed by atoms with Crippen LogP contribution in [-0.2, 0) is 0 Å². The fraction of sp³-hybridized carbons (Fsp3) is 0.118. The summed E-state index contributed by atoms with van der Waals surface area (Å²) in [6.07, 6.45) is 0. The summed E-state index contributed by atoms with van der Waals surface area (Å²) in [6.45, 7) is 4.05. The van der Waals surface area contributed by atoms with Crippen molar-refractivity contribution in [3.8, 4) is 22.8 Å². The molecule has 0 aliphatic heterocycles. The monoisotopic (exact) mass is 249 g/mol. The molecule has 0 atom stereocenters. The van der Waals surface area contributed by atoms with Crippen molar-refractivity contribution in [2.24, 2.45) is 0 Å². The Hall–Kier alpha value is -2.35. The number of hydrogen-bond acceptors (Lipinski definition) is 2. The van der Waals surface area contributed by atoms with Crippen molar-refractivity contribution in [1.29, 1.82) is 0 Å². The molecule has 0 fully saturated rings. The maximum atomic E-state index is 5.92. The van der Waals surface area contributed by atoms with Gasteiger partial charge in [-0.05, 0) is 26.0 Å². The molecule has 2 nitrogen and oxygen atoms in total. The number of hydrogen-bond donors (Lipinski definition) is 0. The Morgan fingerprint density at radius 1 is 0.789 bits per heavy atom. The van der Waals surface area contributed by atoms with Crippen LogP contribution in [-0.4, -0.2) is 4.98 Å². The molecule has 0 aliphatic rings. The summed E-state index contributed by atoms with van der Waals surface area (Å²) in [6, 6.07) is 18.3. The molecule has 0 saturated heterocycles. The number of rotatable bonds is 2. The van der Waals surface area contributed by atoms with Crippen molar-refractivity contribution in [3.05, 3.63) is 65.9 Å². The van der Waals surface area contributed by atoms with Crippen LogP contribution in [0.15, 0.2) is 59.0 Å². The van der Waals surface area contributed by atoms with Crippen LogP contribution in [0.5, 0.6) is 0 Å². The average molecular weight is 249 g/mol. The quantitative estimate of drug-likeness (QED) is 0.662. The van der Waals surface area contributed by atoms with E-state index in [4.69, 9.17) is 4.42 Å². The third-order valence-electron chi connectivity index (χ3n) is 3.13. The second-order valence-corrected chi connectivity index (χ2v) is 4.67. The lowest BCUT2D eigenvalue weighted by molar-refractivity contribution is 0.588. The summed E-state index contributed by atoms with van der Waals surface area (Å²) in [4.78, 5) is 4.52. The largest absolute Gasteiger partial charge is 0.436 e. The SMILES string of the molecule is Cc1ccc(-c2nc(C)c(-c3ccccc3)o2)cc1. The minimum Gasteiger partial charge on any atom is -0.436 e. The molecular formula is C17H15NO. The Labute approximate surface area is 112 Å². The summed E-state index contributed by atoms with van der Waals surface area (Å²) in [5.74, 6) is 1.52. The second-order valence-electron chi connectivity index (χ2n) is 4.67. The van der Waals surface area contributed by atoms with E-state index in [1.54, 1.807) is 0 Å². The number of aromatic nitrogens is 1. The molecule has 2 aromatic carbocycles. The minimum atomic E-state index is 0.677. The molecule has 0 N–H and O–H groups in total. The molecule has 1 heterocycles. The molecule has 2 heteroatoms. The Kier molecular flexibility index (Phi) is 2.92. The molecule has 0 spiro atoms. The Morgan fingerprint density at radius 3 is 2.16 bits per heavy atom. The van der Waals surface area contributed by atoms with Crippen molar-refractivity contribution < 1.29 is 4.42 Å². The Balaban J connectivity index is 2.04. The molecule has 3 rings (SSSR count). The molecule has 94 valence electrons. The lowest BCUT2D eigenvalue weighted by atomic mass is 10.1. The van der Waals surface area contributed by atoms with Gasteiger partial charge in [0.05, 0.1) is 5.69 Å². The van der Waals surface area contributed by atoms with Crippen molar-refractivity contribution in [2.45, 2.75) is 13.8 Å². The van der Waals surface area contributed by atoms with Gasteiger partial charge in [-0.1, -0.05) is 48.0 Å². The van der Waals surface area contributed by atoms with Crippen molar-refractivity contribution in [3.63, 3.8) is 0 Å². The maximum Gasteiger partial charge on any atom is 0.226 e. The molecule has 19 heavy (non-hydrogen) atoms. The van der Waals surface area contributed by atoms with E-state index >= 15 is 0 Å². The predicted octanol–water partition coefficient (Wildman–Crippen LogP) is 4.63. The molecule has 0 unspecified atom stereocenters. The summed E-state index contributed by atoms with van der Waals surface area (Å²) >= 11 is 0. The van der Waals surface area contributed by atoms with E-state index in [1.165, 1.54) is 5.56 Å². The van der Waals surface area contributed by atoms with Crippen molar-refractivity contribution in [2.75, 3.05) is 0 Å². The van der Waals surface area contributed by atoms with Crippen LogP contribution < -0.4 is 0 Å². The minimum absolute atomic E-state index is 0.677. The Bertz CT molecular complexity index is 681. The normalized spacial score (nSPS) is 10.6. The fourth-order valence-electron chi connectivity index (χ4n) is 2.07. The third-order valence-corrected chi connectivity index (χ3v) is 3.13. The molecule has 1 aromatic heterocycles. The van der Waals surface area contributed by atoms with Gasteiger partial charge in [0.25, 0.3) is 0 Å². The highest BCUT2D eigenvalue weighted by molar-refractivity contribution is 5.63. The van der Waals surface area contributed by atoms with Gasteiger partial charge in [0, 0.05) is 11.1 Å². The molecule has 0 aliphatic carbocycles. The van der Waals surface area contributed by atoms with Crippen LogP contribution in [0.25, 0.3) is 22.8 Å². The smallest absolute Gasteiger partial charge is 0.226 e. The highest BCUT2D eigenvalue weighted by Gasteiger charge is 2.12. The topological polar surface area (TPSA) is 26.0 Å². The number of aryl methyl sites for hydroxylation is 2. The Morgan fingerprint density at radius 2 is 1.47 bits per heavy atom. The van der Waals surface area contributed by atoms with Gasteiger partial charge in [0.1, 0.15) is 0 Å². The van der Waals surface area contributed by atoms with E-state index in [1.807, 2.05) is 49.4 Å². The van der Waals surface area contributed by atoms with Gasteiger partial charge in [-0.25, -0.2) is 4.98 Å². The lowest BCUT2D eigenvalue weighted by Crippen LogP contribution is -1.78. The van der Waals surface area contributed by atoms with Crippen molar-refractivity contribution in [1.82, 2.24) is 4.98 Å². The van der Waals surface area contributed by atoms with E-state index in [0.717, 1.165) is 22.6 Å². The maximum absolute atomic E-state index is 5.92. The highest BCUT2D eigenvalue weighted by Crippen LogP contribution is 2.29. The average Bonchev–Trinajstić information content (AvgIpc) is 2.83. The highest BCUT2D eigenvalue weighted by atomic mass is 16.4. The van der Waals surface area contributed by atoms with E-state index < -0.39 is 0 Å². The summed E-state index contributed by atoms with van der Waals surface area (Å²) in [5.41, 5.74) is 4.22. The van der Waals surface area contributed by atoms with Gasteiger partial charge in [-0.3, -0.25) is 0 Å². The zero-order valence-corrected chi connectivity index (χ0v) is 11.1. The van der Waals surface area contributed by atoms with Crippen LogP contribution in [0.2, 0.25) is 0 Å². The predicted molar refractivity (Wildman–Crippen MR) is 76.8 cm³/mol. The first-order chi connectivity index (χ1) is 9.24. The fourth-order valence-corrected chi connectivity index (χ4v) is 2.07. The summed E-state index contributed by atoms with van der Waals surface area (Å²) in [7, 11) is 0.